The van der Waals surface area contributed by atoms with E-state index in [0.29, 0.717) is 24.6 Å². The second kappa shape index (κ2) is 8.22. The highest BCUT2D eigenvalue weighted by Crippen LogP contribution is 2.26. The molecule has 0 aliphatic carbocycles. The van der Waals surface area contributed by atoms with E-state index in [1.54, 1.807) is 25.6 Å². The number of hydrogen-bond donors (Lipinski definition) is 2. The average Bonchev–Trinajstić information content (AvgIpc) is 2.67. The zero-order chi connectivity index (χ0) is 16.0. The van der Waals surface area contributed by atoms with Crippen LogP contribution in [0, 0.1) is 13.8 Å². The van der Waals surface area contributed by atoms with Crippen LogP contribution in [0.1, 0.15) is 37.4 Å². The van der Waals surface area contributed by atoms with Crippen molar-refractivity contribution in [3.63, 3.8) is 0 Å². The Labute approximate surface area is 132 Å². The summed E-state index contributed by atoms with van der Waals surface area (Å²) in [6.07, 6.45) is 2.82. The molecule has 1 aromatic heterocycles. The van der Waals surface area contributed by atoms with E-state index in [0.717, 1.165) is 17.7 Å². The lowest BCUT2D eigenvalue weighted by Crippen LogP contribution is -2.28. The molecule has 0 fully saturated rings. The van der Waals surface area contributed by atoms with Crippen LogP contribution in [0.15, 0.2) is 9.31 Å². The van der Waals surface area contributed by atoms with Crippen LogP contribution in [0.2, 0.25) is 0 Å². The summed E-state index contributed by atoms with van der Waals surface area (Å²) in [5.74, 6) is 2.05. The van der Waals surface area contributed by atoms with Gasteiger partial charge in [-0.2, -0.15) is 11.8 Å². The van der Waals surface area contributed by atoms with Crippen LogP contribution in [-0.4, -0.2) is 33.0 Å². The summed E-state index contributed by atoms with van der Waals surface area (Å²) in [4.78, 5) is 0.289. The number of aryl methyl sites for hydroxylation is 2. The molecule has 0 spiro atoms. The third kappa shape index (κ3) is 5.32. The van der Waals surface area contributed by atoms with Gasteiger partial charge in [-0.25, -0.2) is 13.1 Å². The third-order valence-electron chi connectivity index (χ3n) is 3.10. The van der Waals surface area contributed by atoms with Gasteiger partial charge in [-0.05, 0) is 32.3 Å². The van der Waals surface area contributed by atoms with Crippen molar-refractivity contribution in [3.8, 4) is 0 Å². The fourth-order valence-corrected chi connectivity index (χ4v) is 4.02. The van der Waals surface area contributed by atoms with Crippen LogP contribution in [0.5, 0.6) is 0 Å². The summed E-state index contributed by atoms with van der Waals surface area (Å²) < 4.78 is 33.2. The summed E-state index contributed by atoms with van der Waals surface area (Å²) in [7, 11) is -3.52. The molecule has 0 saturated carbocycles. The summed E-state index contributed by atoms with van der Waals surface area (Å²) >= 11 is 1.71. The van der Waals surface area contributed by atoms with Crippen molar-refractivity contribution in [1.29, 1.82) is 0 Å². The number of hydrogen-bond acceptors (Lipinski definition) is 5. The Morgan fingerprint density at radius 3 is 2.48 bits per heavy atom. The van der Waals surface area contributed by atoms with Gasteiger partial charge in [-0.15, -0.1) is 0 Å². The van der Waals surface area contributed by atoms with Crippen LogP contribution in [0.3, 0.4) is 0 Å². The van der Waals surface area contributed by atoms with Crippen molar-refractivity contribution in [1.82, 2.24) is 10.0 Å². The molecular weight excluding hydrogens is 308 g/mol. The van der Waals surface area contributed by atoms with E-state index >= 15 is 0 Å². The molecule has 0 aliphatic heterocycles. The lowest BCUT2D eigenvalue weighted by Gasteiger charge is -2.11. The van der Waals surface area contributed by atoms with E-state index in [2.05, 4.69) is 10.0 Å². The van der Waals surface area contributed by atoms with E-state index < -0.39 is 10.0 Å². The SMILES string of the molecule is CSCCCNS(=O)(=O)c1c(C)oc(C)c1CNC(C)C. The third-order valence-corrected chi connectivity index (χ3v) is 5.45. The van der Waals surface area contributed by atoms with E-state index in [1.807, 2.05) is 20.1 Å². The number of rotatable bonds is 9. The quantitative estimate of drug-likeness (QED) is 0.679. The Morgan fingerprint density at radius 2 is 1.90 bits per heavy atom. The molecule has 0 aromatic carbocycles. The van der Waals surface area contributed by atoms with Gasteiger partial charge in [0.2, 0.25) is 10.0 Å². The monoisotopic (exact) mass is 334 g/mol. The van der Waals surface area contributed by atoms with Gasteiger partial charge in [0.25, 0.3) is 0 Å². The van der Waals surface area contributed by atoms with E-state index in [9.17, 15) is 8.42 Å². The number of sulfonamides is 1. The molecule has 0 unspecified atom stereocenters. The first kappa shape index (κ1) is 18.5. The normalized spacial score (nSPS) is 12.3. The van der Waals surface area contributed by atoms with Crippen molar-refractivity contribution in [3.05, 3.63) is 17.1 Å². The topological polar surface area (TPSA) is 71.3 Å². The largest absolute Gasteiger partial charge is 0.465 e. The first-order valence-electron chi connectivity index (χ1n) is 7.10. The van der Waals surface area contributed by atoms with Crippen LogP contribution >= 0.6 is 11.8 Å². The van der Waals surface area contributed by atoms with Crippen molar-refractivity contribution >= 4 is 21.8 Å². The second-order valence-corrected chi connectivity index (χ2v) is 7.99. The maximum Gasteiger partial charge on any atom is 0.244 e. The van der Waals surface area contributed by atoms with Crippen molar-refractivity contribution in [2.75, 3.05) is 18.6 Å². The van der Waals surface area contributed by atoms with Crippen LogP contribution in [-0.2, 0) is 16.6 Å². The smallest absolute Gasteiger partial charge is 0.244 e. The predicted molar refractivity (Wildman–Crippen MR) is 88.3 cm³/mol. The van der Waals surface area contributed by atoms with Crippen LogP contribution in [0.25, 0.3) is 0 Å². The van der Waals surface area contributed by atoms with Crippen molar-refractivity contribution < 1.29 is 12.8 Å². The van der Waals surface area contributed by atoms with Gasteiger partial charge in [0.05, 0.1) is 0 Å². The summed E-state index contributed by atoms with van der Waals surface area (Å²) in [6.45, 7) is 8.49. The molecule has 0 aliphatic rings. The molecule has 5 nitrogen and oxygen atoms in total. The highest BCUT2D eigenvalue weighted by Gasteiger charge is 2.26. The molecule has 122 valence electrons. The Morgan fingerprint density at radius 1 is 1.24 bits per heavy atom. The average molecular weight is 335 g/mol. The zero-order valence-corrected chi connectivity index (χ0v) is 15.1. The fourth-order valence-electron chi connectivity index (χ4n) is 2.07. The first-order chi connectivity index (χ1) is 9.79. The Kier molecular flexibility index (Phi) is 7.26. The van der Waals surface area contributed by atoms with Crippen molar-refractivity contribution in [2.24, 2.45) is 0 Å². The maximum atomic E-state index is 12.5. The minimum absolute atomic E-state index is 0.282. The van der Waals surface area contributed by atoms with Gasteiger partial charge in [0, 0.05) is 24.7 Å². The first-order valence-corrected chi connectivity index (χ1v) is 9.98. The fraction of sp³-hybridized carbons (Fsp3) is 0.714. The minimum Gasteiger partial charge on any atom is -0.465 e. The highest BCUT2D eigenvalue weighted by atomic mass is 32.2. The Bertz CT molecular complexity index is 551. The molecule has 0 saturated heterocycles. The van der Waals surface area contributed by atoms with Gasteiger partial charge < -0.3 is 9.73 Å². The second-order valence-electron chi connectivity index (χ2n) is 5.30. The van der Waals surface area contributed by atoms with Crippen LogP contribution in [0.4, 0.5) is 0 Å². The summed E-state index contributed by atoms with van der Waals surface area (Å²) in [5.41, 5.74) is 0.721. The molecule has 0 amide bonds. The molecule has 21 heavy (non-hydrogen) atoms. The molecule has 0 bridgehead atoms. The van der Waals surface area contributed by atoms with E-state index in [4.69, 9.17) is 4.42 Å². The van der Waals surface area contributed by atoms with Gasteiger partial charge in [-0.3, -0.25) is 0 Å². The van der Waals surface area contributed by atoms with Crippen molar-refractivity contribution in [2.45, 2.75) is 51.6 Å². The molecule has 2 N–H and O–H groups in total. The Hall–Kier alpha value is -0.500. The molecule has 7 heteroatoms. The van der Waals surface area contributed by atoms with E-state index in [-0.39, 0.29) is 10.9 Å². The summed E-state index contributed by atoms with van der Waals surface area (Å²) in [5, 5.41) is 3.25. The van der Waals surface area contributed by atoms with Gasteiger partial charge >= 0.3 is 0 Å². The summed E-state index contributed by atoms with van der Waals surface area (Å²) in [6, 6.07) is 0.282. The molecule has 1 aromatic rings. The van der Waals surface area contributed by atoms with E-state index in [1.165, 1.54) is 0 Å². The van der Waals surface area contributed by atoms with Gasteiger partial charge in [0.1, 0.15) is 16.4 Å². The maximum absolute atomic E-state index is 12.5. The Balaban J connectivity index is 2.94. The number of nitrogens with one attached hydrogen (secondary N) is 2. The standard InChI is InChI=1S/C14H26N2O3S2/c1-10(2)15-9-13-11(3)19-12(4)14(13)21(17,18)16-7-6-8-20-5/h10,15-16H,6-9H2,1-5H3. The van der Waals surface area contributed by atoms with Gasteiger partial charge in [-0.1, -0.05) is 13.8 Å². The zero-order valence-electron chi connectivity index (χ0n) is 13.4. The molecular formula is C14H26N2O3S2. The number of furan rings is 1. The molecule has 0 radical (unpaired) electrons. The minimum atomic E-state index is -3.52. The van der Waals surface area contributed by atoms with Crippen LogP contribution < -0.4 is 10.0 Å². The lowest BCUT2D eigenvalue weighted by atomic mass is 10.2. The van der Waals surface area contributed by atoms with Gasteiger partial charge in [0.15, 0.2) is 0 Å². The predicted octanol–water partition coefficient (Wildman–Crippen LogP) is 2.43. The molecule has 1 rings (SSSR count). The molecule has 1 heterocycles. The number of thioether (sulfide) groups is 1. The highest BCUT2D eigenvalue weighted by molar-refractivity contribution is 7.98. The molecule has 0 atom stereocenters. The lowest BCUT2D eigenvalue weighted by molar-refractivity contribution is 0.491.